The largest absolute Gasteiger partial charge is 0.454 e. The van der Waals surface area contributed by atoms with E-state index < -0.39 is 12.6 Å². The van der Waals surface area contributed by atoms with Crippen LogP contribution in [0.2, 0.25) is 5.02 Å². The highest BCUT2D eigenvalue weighted by Crippen LogP contribution is 2.60. The van der Waals surface area contributed by atoms with Gasteiger partial charge in [0.15, 0.2) is 12.4 Å². The molecule has 7 nitrogen and oxygen atoms in total. The fraction of sp³-hybridized carbons (Fsp3) is 0.306. The number of rotatable bonds is 6. The Hall–Kier alpha value is -2.92. The number of amides is 2. The Morgan fingerprint density at radius 2 is 1.55 bits per heavy atom. The highest BCUT2D eigenvalue weighted by atomic mass is 79.9. The standard InChI is InChI=1S/C36H28Br3ClN2O5/c1-15-4-5-19(10-16(15)2)27(43)14-47-36(46)22-13-26(41-33-17(3)32(40)25(37)12-21(22)33)18-6-8-20(9-7-18)42-34(44)28-23-11-24(29(28)35(42)45)31(39)30(23)38/h4-10,12-13,23-24,28-31H,11,14H2,1-3H3. The number of fused-ring (bicyclic) bond motifs is 6. The van der Waals surface area contributed by atoms with Crippen LogP contribution >= 0.6 is 59.4 Å². The fourth-order valence-electron chi connectivity index (χ4n) is 7.37. The predicted octanol–water partition coefficient (Wildman–Crippen LogP) is 8.56. The van der Waals surface area contributed by atoms with Crippen LogP contribution in [0.1, 0.15) is 43.8 Å². The van der Waals surface area contributed by atoms with Crippen LogP contribution in [0.5, 0.6) is 0 Å². The van der Waals surface area contributed by atoms with Crippen molar-refractivity contribution in [2.45, 2.75) is 36.8 Å². The van der Waals surface area contributed by atoms with E-state index in [-0.39, 0.29) is 56.5 Å². The molecule has 2 aliphatic carbocycles. The van der Waals surface area contributed by atoms with Crippen molar-refractivity contribution >= 4 is 99.5 Å². The summed E-state index contributed by atoms with van der Waals surface area (Å²) in [6, 6.07) is 15.7. The first-order valence-electron chi connectivity index (χ1n) is 15.2. The van der Waals surface area contributed by atoms with Gasteiger partial charge >= 0.3 is 5.97 Å². The number of halogens is 4. The molecule has 1 aromatic heterocycles. The average Bonchev–Trinajstić information content (AvgIpc) is 3.68. The molecule has 1 saturated heterocycles. The Labute approximate surface area is 301 Å². The molecule has 6 atom stereocenters. The molecule has 2 amide bonds. The number of pyridine rings is 1. The fourth-order valence-corrected chi connectivity index (χ4v) is 9.91. The molecule has 4 aromatic rings. The molecular formula is C36H28Br3ClN2O5. The molecule has 47 heavy (non-hydrogen) atoms. The number of aryl methyl sites for hydroxylation is 3. The summed E-state index contributed by atoms with van der Waals surface area (Å²) in [5, 5.41) is 0.983. The van der Waals surface area contributed by atoms with Crippen LogP contribution in [0.3, 0.4) is 0 Å². The second-order valence-corrected chi connectivity index (χ2v) is 16.0. The van der Waals surface area contributed by atoms with Gasteiger partial charge in [0.2, 0.25) is 11.8 Å². The molecule has 2 saturated carbocycles. The first-order chi connectivity index (χ1) is 22.4. The number of hydrogen-bond acceptors (Lipinski definition) is 6. The minimum atomic E-state index is -0.675. The van der Waals surface area contributed by atoms with Gasteiger partial charge < -0.3 is 4.74 Å². The van der Waals surface area contributed by atoms with E-state index in [2.05, 4.69) is 47.8 Å². The van der Waals surface area contributed by atoms with Gasteiger partial charge in [-0.25, -0.2) is 9.78 Å². The van der Waals surface area contributed by atoms with Crippen molar-refractivity contribution in [2.24, 2.45) is 23.7 Å². The minimum Gasteiger partial charge on any atom is -0.454 e. The smallest absolute Gasteiger partial charge is 0.339 e. The lowest BCUT2D eigenvalue weighted by molar-refractivity contribution is -0.123. The molecule has 6 unspecified atom stereocenters. The Morgan fingerprint density at radius 3 is 2.17 bits per heavy atom. The summed E-state index contributed by atoms with van der Waals surface area (Å²) >= 11 is 17.5. The molecule has 240 valence electrons. The van der Waals surface area contributed by atoms with Gasteiger partial charge in [0.1, 0.15) is 0 Å². The van der Waals surface area contributed by atoms with E-state index in [4.69, 9.17) is 21.3 Å². The number of hydrogen-bond donors (Lipinski definition) is 0. The number of carbonyl (C=O) groups is 4. The quantitative estimate of drug-likeness (QED) is 0.0837. The number of esters is 1. The molecule has 3 aliphatic rings. The molecule has 7 rings (SSSR count). The van der Waals surface area contributed by atoms with Crippen molar-refractivity contribution < 1.29 is 23.9 Å². The number of benzene rings is 3. The van der Waals surface area contributed by atoms with Crippen LogP contribution in [0, 0.1) is 44.4 Å². The summed E-state index contributed by atoms with van der Waals surface area (Å²) in [5.74, 6) is -1.65. The molecule has 11 heteroatoms. The number of ether oxygens (including phenoxy) is 1. The van der Waals surface area contributed by atoms with Crippen molar-refractivity contribution in [3.8, 4) is 11.3 Å². The topological polar surface area (TPSA) is 93.6 Å². The van der Waals surface area contributed by atoms with Gasteiger partial charge in [-0.3, -0.25) is 19.3 Å². The molecule has 2 bridgehead atoms. The molecular weight excluding hydrogens is 816 g/mol. The third kappa shape index (κ3) is 5.30. The van der Waals surface area contributed by atoms with Crippen molar-refractivity contribution in [1.82, 2.24) is 4.98 Å². The van der Waals surface area contributed by atoms with E-state index in [9.17, 15) is 19.2 Å². The van der Waals surface area contributed by atoms with Gasteiger partial charge in [-0.05, 0) is 102 Å². The number of ketones is 1. The Balaban J connectivity index is 1.20. The second kappa shape index (κ2) is 12.2. The maximum Gasteiger partial charge on any atom is 0.339 e. The van der Waals surface area contributed by atoms with Crippen LogP contribution < -0.4 is 4.90 Å². The first kappa shape index (κ1) is 32.6. The third-order valence-electron chi connectivity index (χ3n) is 10.0. The molecule has 3 aromatic carbocycles. The zero-order chi connectivity index (χ0) is 33.5. The molecule has 2 heterocycles. The van der Waals surface area contributed by atoms with Gasteiger partial charge in [0, 0.05) is 30.6 Å². The zero-order valence-corrected chi connectivity index (χ0v) is 31.0. The van der Waals surface area contributed by atoms with E-state index in [1.54, 1.807) is 48.5 Å². The summed E-state index contributed by atoms with van der Waals surface area (Å²) < 4.78 is 6.15. The van der Waals surface area contributed by atoms with Crippen LogP contribution in [-0.2, 0) is 14.3 Å². The Bertz CT molecular complexity index is 2000. The number of anilines is 1. The first-order valence-corrected chi connectivity index (χ1v) is 18.2. The number of alkyl halides is 2. The maximum atomic E-state index is 13.6. The molecule has 3 fully saturated rings. The van der Waals surface area contributed by atoms with Crippen molar-refractivity contribution in [3.05, 3.63) is 91.9 Å². The molecule has 1 aliphatic heterocycles. The van der Waals surface area contributed by atoms with Gasteiger partial charge in [-0.15, -0.1) is 0 Å². The van der Waals surface area contributed by atoms with Crippen LogP contribution in [-0.4, -0.2) is 44.8 Å². The Morgan fingerprint density at radius 1 is 0.915 bits per heavy atom. The molecule has 0 N–H and O–H groups in total. The highest BCUT2D eigenvalue weighted by Gasteiger charge is 2.66. The van der Waals surface area contributed by atoms with Crippen molar-refractivity contribution in [2.75, 3.05) is 11.5 Å². The summed E-state index contributed by atoms with van der Waals surface area (Å²) in [4.78, 5) is 60.1. The number of aromatic nitrogens is 1. The number of imide groups is 1. The Kier molecular flexibility index (Phi) is 8.47. The van der Waals surface area contributed by atoms with Crippen LogP contribution in [0.4, 0.5) is 5.69 Å². The normalized spacial score (nSPS) is 24.7. The number of carbonyl (C=O) groups excluding carboxylic acids is 4. The minimum absolute atomic E-state index is 0.126. The predicted molar refractivity (Wildman–Crippen MR) is 192 cm³/mol. The van der Waals surface area contributed by atoms with E-state index in [1.807, 2.05) is 26.8 Å². The van der Waals surface area contributed by atoms with E-state index in [1.165, 1.54) is 4.90 Å². The van der Waals surface area contributed by atoms with Gasteiger partial charge in [-0.1, -0.05) is 67.7 Å². The van der Waals surface area contributed by atoms with Crippen molar-refractivity contribution in [3.63, 3.8) is 0 Å². The van der Waals surface area contributed by atoms with Crippen LogP contribution in [0.15, 0.2) is 59.1 Å². The van der Waals surface area contributed by atoms with Crippen LogP contribution in [0.25, 0.3) is 22.2 Å². The molecule has 0 radical (unpaired) electrons. The second-order valence-electron chi connectivity index (χ2n) is 12.6. The summed E-state index contributed by atoms with van der Waals surface area (Å²) in [6.07, 6.45) is 0.865. The summed E-state index contributed by atoms with van der Waals surface area (Å²) in [7, 11) is 0. The highest BCUT2D eigenvalue weighted by molar-refractivity contribution is 9.12. The van der Waals surface area contributed by atoms with Gasteiger partial charge in [0.05, 0.1) is 39.3 Å². The third-order valence-corrected chi connectivity index (χ3v) is 14.6. The number of Topliss-reactive ketones (excluding diaryl/α,β-unsaturated/α-hetero) is 1. The van der Waals surface area contributed by atoms with Crippen molar-refractivity contribution in [1.29, 1.82) is 0 Å². The maximum absolute atomic E-state index is 13.6. The average molecular weight is 844 g/mol. The zero-order valence-electron chi connectivity index (χ0n) is 25.5. The summed E-state index contributed by atoms with van der Waals surface area (Å²) in [6.45, 7) is 5.29. The van der Waals surface area contributed by atoms with E-state index in [0.29, 0.717) is 48.5 Å². The molecule has 0 spiro atoms. The lowest BCUT2D eigenvalue weighted by Crippen LogP contribution is -2.37. The SMILES string of the molecule is Cc1ccc(C(=O)COC(=O)c2cc(-c3ccc(N4C(=O)C5C6CC(C(Br)C6Br)C5C4=O)cc3)nc3c(C)c(Cl)c(Br)cc23)cc1C. The van der Waals surface area contributed by atoms with E-state index in [0.717, 1.165) is 17.5 Å². The lowest BCUT2D eigenvalue weighted by atomic mass is 9.81. The lowest BCUT2D eigenvalue weighted by Gasteiger charge is -2.28. The number of nitrogens with zero attached hydrogens (tertiary/aromatic N) is 2. The summed E-state index contributed by atoms with van der Waals surface area (Å²) in [5.41, 5.74) is 5.54. The monoisotopic (exact) mass is 840 g/mol. The van der Waals surface area contributed by atoms with Gasteiger partial charge in [0.25, 0.3) is 0 Å². The van der Waals surface area contributed by atoms with Gasteiger partial charge in [-0.2, -0.15) is 0 Å². The van der Waals surface area contributed by atoms with E-state index >= 15 is 0 Å².